The Balaban J connectivity index is 1.63. The summed E-state index contributed by atoms with van der Waals surface area (Å²) in [4.78, 5) is 23.7. The van der Waals surface area contributed by atoms with Crippen molar-refractivity contribution < 1.29 is 19.2 Å². The van der Waals surface area contributed by atoms with E-state index in [2.05, 4.69) is 23.7 Å². The molecule has 1 aliphatic rings. The van der Waals surface area contributed by atoms with E-state index in [0.29, 0.717) is 30.6 Å². The lowest BCUT2D eigenvalue weighted by Crippen LogP contribution is -2.18. The molecule has 0 bridgehead atoms. The predicted octanol–water partition coefficient (Wildman–Crippen LogP) is 4.23. The van der Waals surface area contributed by atoms with Crippen LogP contribution < -0.4 is 14.8 Å². The van der Waals surface area contributed by atoms with Crippen LogP contribution in [0.3, 0.4) is 0 Å². The number of amides is 1. The summed E-state index contributed by atoms with van der Waals surface area (Å²) < 4.78 is 13.0. The van der Waals surface area contributed by atoms with E-state index in [1.54, 1.807) is 6.07 Å². The number of benzene rings is 2. The molecule has 29 heavy (non-hydrogen) atoms. The van der Waals surface area contributed by atoms with Gasteiger partial charge < -0.3 is 19.4 Å². The van der Waals surface area contributed by atoms with Crippen LogP contribution in [0.1, 0.15) is 24.2 Å². The normalized spacial score (nSPS) is 12.9. The van der Waals surface area contributed by atoms with E-state index in [-0.39, 0.29) is 17.0 Å². The van der Waals surface area contributed by atoms with Crippen LogP contribution in [0.4, 0.5) is 11.4 Å². The number of hydrogen-bond acceptors (Lipinski definition) is 5. The maximum atomic E-state index is 12.8. The van der Waals surface area contributed by atoms with Gasteiger partial charge in [0.05, 0.1) is 11.0 Å². The Morgan fingerprint density at radius 3 is 2.59 bits per heavy atom. The molecule has 0 saturated heterocycles. The van der Waals surface area contributed by atoms with Gasteiger partial charge in [-0.1, -0.05) is 13.8 Å². The topological polar surface area (TPSA) is 95.6 Å². The minimum absolute atomic E-state index is 0.0725. The number of aromatic nitrogens is 1. The molecular weight excluding hydrogens is 374 g/mol. The van der Waals surface area contributed by atoms with Crippen LogP contribution in [0.25, 0.3) is 10.9 Å². The molecule has 3 aromatic rings. The first-order valence-corrected chi connectivity index (χ1v) is 9.40. The smallest absolute Gasteiger partial charge is 0.286 e. The number of rotatable bonds is 5. The molecule has 2 aromatic carbocycles. The average Bonchev–Trinajstić information content (AvgIpc) is 3.08. The lowest BCUT2D eigenvalue weighted by molar-refractivity contribution is -0.385. The number of nitro groups is 1. The summed E-state index contributed by atoms with van der Waals surface area (Å²) in [6.07, 6.45) is 2.02. The highest BCUT2D eigenvalue weighted by molar-refractivity contribution is 6.08. The lowest BCUT2D eigenvalue weighted by Gasteiger charge is -2.19. The van der Waals surface area contributed by atoms with Gasteiger partial charge in [0.2, 0.25) is 0 Å². The minimum atomic E-state index is -0.595. The van der Waals surface area contributed by atoms with Crippen LogP contribution in [0, 0.1) is 16.0 Å². The molecule has 1 amide bonds. The molecule has 0 radical (unpaired) electrons. The van der Waals surface area contributed by atoms with E-state index in [1.165, 1.54) is 12.1 Å². The number of anilines is 1. The molecule has 1 N–H and O–H groups in total. The van der Waals surface area contributed by atoms with Gasteiger partial charge in [0.1, 0.15) is 18.8 Å². The summed E-state index contributed by atoms with van der Waals surface area (Å²) in [5, 5.41) is 15.2. The molecule has 0 aliphatic carbocycles. The highest BCUT2D eigenvalue weighted by Crippen LogP contribution is 2.37. The largest absolute Gasteiger partial charge is 0.486 e. The first kappa shape index (κ1) is 18.8. The molecular formula is C21H21N3O5. The van der Waals surface area contributed by atoms with Crippen LogP contribution in [0.5, 0.6) is 11.5 Å². The highest BCUT2D eigenvalue weighted by atomic mass is 16.6. The van der Waals surface area contributed by atoms with Gasteiger partial charge in [-0.05, 0) is 30.2 Å². The van der Waals surface area contributed by atoms with Gasteiger partial charge in [-0.3, -0.25) is 14.9 Å². The van der Waals surface area contributed by atoms with Crippen molar-refractivity contribution in [3.8, 4) is 11.5 Å². The van der Waals surface area contributed by atoms with Crippen LogP contribution in [-0.2, 0) is 6.54 Å². The Morgan fingerprint density at radius 2 is 1.90 bits per heavy atom. The minimum Gasteiger partial charge on any atom is -0.486 e. The number of carbonyl (C=O) groups excluding carboxylic acids is 1. The average molecular weight is 395 g/mol. The van der Waals surface area contributed by atoms with Crippen molar-refractivity contribution in [2.45, 2.75) is 20.4 Å². The fraction of sp³-hybridized carbons (Fsp3) is 0.286. The summed E-state index contributed by atoms with van der Waals surface area (Å²) in [6.45, 7) is 5.85. The molecule has 150 valence electrons. The van der Waals surface area contributed by atoms with Gasteiger partial charge in [0.15, 0.2) is 11.5 Å². The first-order valence-electron chi connectivity index (χ1n) is 9.40. The number of nitrogens with one attached hydrogen (secondary N) is 1. The number of ether oxygens (including phenoxy) is 2. The Hall–Kier alpha value is -3.55. The Labute approximate surface area is 167 Å². The maximum absolute atomic E-state index is 12.8. The fourth-order valence-corrected chi connectivity index (χ4v) is 3.44. The Kier molecular flexibility index (Phi) is 4.84. The van der Waals surface area contributed by atoms with Crippen molar-refractivity contribution >= 4 is 28.2 Å². The molecule has 2 heterocycles. The van der Waals surface area contributed by atoms with Crippen LogP contribution >= 0.6 is 0 Å². The second-order valence-corrected chi connectivity index (χ2v) is 7.36. The third-order valence-corrected chi connectivity index (χ3v) is 4.69. The molecule has 4 rings (SSSR count). The summed E-state index contributed by atoms with van der Waals surface area (Å²) in [5.74, 6) is 0.538. The zero-order chi connectivity index (χ0) is 20.5. The van der Waals surface area contributed by atoms with Crippen LogP contribution in [-0.4, -0.2) is 28.6 Å². The molecule has 0 spiro atoms. The zero-order valence-electron chi connectivity index (χ0n) is 16.2. The van der Waals surface area contributed by atoms with Crippen molar-refractivity contribution in [3.63, 3.8) is 0 Å². The van der Waals surface area contributed by atoms with Crippen molar-refractivity contribution in [3.05, 3.63) is 58.3 Å². The van der Waals surface area contributed by atoms with Gasteiger partial charge in [-0.25, -0.2) is 0 Å². The van der Waals surface area contributed by atoms with Gasteiger partial charge >= 0.3 is 0 Å². The molecule has 1 aliphatic heterocycles. The van der Waals surface area contributed by atoms with Crippen LogP contribution in [0.2, 0.25) is 0 Å². The molecule has 0 fully saturated rings. The second kappa shape index (κ2) is 7.46. The number of carbonyl (C=O) groups is 1. The summed E-state index contributed by atoms with van der Waals surface area (Å²) in [6, 6.07) is 10.2. The third kappa shape index (κ3) is 3.73. The number of nitro benzene ring substituents is 1. The predicted molar refractivity (Wildman–Crippen MR) is 109 cm³/mol. The third-order valence-electron chi connectivity index (χ3n) is 4.69. The van der Waals surface area contributed by atoms with Crippen LogP contribution in [0.15, 0.2) is 42.6 Å². The SMILES string of the molecule is CC(C)Cn1ccc2cc(NC(=O)c3cc4c(cc3[N+](=O)[O-])OCCO4)ccc21. The maximum Gasteiger partial charge on any atom is 0.286 e. The van der Waals surface area contributed by atoms with Crippen molar-refractivity contribution in [2.24, 2.45) is 5.92 Å². The number of hydrogen-bond donors (Lipinski definition) is 1. The molecule has 8 heteroatoms. The second-order valence-electron chi connectivity index (χ2n) is 7.36. The summed E-state index contributed by atoms with van der Waals surface area (Å²) >= 11 is 0. The van der Waals surface area contributed by atoms with E-state index < -0.39 is 10.8 Å². The first-order chi connectivity index (χ1) is 13.9. The highest BCUT2D eigenvalue weighted by Gasteiger charge is 2.26. The van der Waals surface area contributed by atoms with Gasteiger partial charge in [-0.2, -0.15) is 0 Å². The van der Waals surface area contributed by atoms with Crippen molar-refractivity contribution in [1.29, 1.82) is 0 Å². The molecule has 0 unspecified atom stereocenters. The van der Waals surface area contributed by atoms with E-state index in [0.717, 1.165) is 17.4 Å². The number of fused-ring (bicyclic) bond motifs is 2. The Bertz CT molecular complexity index is 1100. The van der Waals surface area contributed by atoms with E-state index in [4.69, 9.17) is 9.47 Å². The summed E-state index contributed by atoms with van der Waals surface area (Å²) in [5.41, 5.74) is 1.24. The van der Waals surface area contributed by atoms with E-state index >= 15 is 0 Å². The fourth-order valence-electron chi connectivity index (χ4n) is 3.44. The van der Waals surface area contributed by atoms with Gasteiger partial charge in [-0.15, -0.1) is 0 Å². The van der Waals surface area contributed by atoms with E-state index in [1.807, 2.05) is 24.4 Å². The van der Waals surface area contributed by atoms with Gasteiger partial charge in [0, 0.05) is 35.4 Å². The van der Waals surface area contributed by atoms with Crippen molar-refractivity contribution in [2.75, 3.05) is 18.5 Å². The van der Waals surface area contributed by atoms with Crippen molar-refractivity contribution in [1.82, 2.24) is 4.57 Å². The lowest BCUT2D eigenvalue weighted by atomic mass is 10.1. The number of nitrogens with zero attached hydrogens (tertiary/aromatic N) is 2. The van der Waals surface area contributed by atoms with Gasteiger partial charge in [0.25, 0.3) is 11.6 Å². The molecule has 1 aromatic heterocycles. The molecule has 0 atom stereocenters. The summed E-state index contributed by atoms with van der Waals surface area (Å²) in [7, 11) is 0. The Morgan fingerprint density at radius 1 is 1.17 bits per heavy atom. The quantitative estimate of drug-likeness (QED) is 0.515. The zero-order valence-corrected chi connectivity index (χ0v) is 16.2. The molecule has 0 saturated carbocycles. The molecule has 8 nitrogen and oxygen atoms in total. The monoisotopic (exact) mass is 395 g/mol. The van der Waals surface area contributed by atoms with E-state index in [9.17, 15) is 14.9 Å². The standard InChI is InChI=1S/C21H21N3O5/c1-13(2)12-23-6-5-14-9-15(3-4-17(14)23)22-21(25)16-10-19-20(29-8-7-28-19)11-18(16)24(26)27/h3-6,9-11,13H,7-8,12H2,1-2H3,(H,22,25).